The molecule has 1 aromatic carbocycles. The summed E-state index contributed by atoms with van der Waals surface area (Å²) in [5.41, 5.74) is 14.5. The first-order valence-electron chi connectivity index (χ1n) is 4.64. The minimum Gasteiger partial charge on any atom is -0.380 e. The van der Waals surface area contributed by atoms with Crippen molar-refractivity contribution in [1.29, 1.82) is 0 Å². The van der Waals surface area contributed by atoms with Crippen molar-refractivity contribution in [1.82, 2.24) is 5.48 Å². The minimum absolute atomic E-state index is 0.106. The maximum absolute atomic E-state index is 5.68. The van der Waals surface area contributed by atoms with E-state index in [9.17, 15) is 0 Å². The van der Waals surface area contributed by atoms with Gasteiger partial charge in [0.25, 0.3) is 0 Å². The van der Waals surface area contributed by atoms with E-state index >= 15 is 0 Å². The molecule has 82 valence electrons. The summed E-state index contributed by atoms with van der Waals surface area (Å²) >= 11 is 4.60. The molecule has 0 aliphatic heterocycles. The molecular weight excluding hydrogens is 210 g/mol. The van der Waals surface area contributed by atoms with Gasteiger partial charge in [0, 0.05) is 6.04 Å². The molecule has 0 aliphatic rings. The summed E-state index contributed by atoms with van der Waals surface area (Å²) in [5, 5.41) is 0.106. The summed E-state index contributed by atoms with van der Waals surface area (Å²) in [6, 6.07) is 7.75. The van der Waals surface area contributed by atoms with Crippen molar-refractivity contribution >= 4 is 17.3 Å². The Labute approximate surface area is 94.5 Å². The molecule has 1 aromatic rings. The first-order valence-corrected chi connectivity index (χ1v) is 5.05. The topological polar surface area (TPSA) is 73.3 Å². The molecule has 15 heavy (non-hydrogen) atoms. The van der Waals surface area contributed by atoms with Crippen LogP contribution in [0.3, 0.4) is 0 Å². The van der Waals surface area contributed by atoms with E-state index < -0.39 is 0 Å². The lowest BCUT2D eigenvalue weighted by Crippen LogP contribution is -2.31. The lowest BCUT2D eigenvalue weighted by molar-refractivity contribution is 0.263. The Balaban J connectivity index is 2.52. The summed E-state index contributed by atoms with van der Waals surface area (Å²) in [4.78, 5) is 5.08. The van der Waals surface area contributed by atoms with Crippen molar-refractivity contribution in [2.45, 2.75) is 19.4 Å². The van der Waals surface area contributed by atoms with Crippen molar-refractivity contribution < 1.29 is 4.84 Å². The molecule has 1 atom stereocenters. The van der Waals surface area contributed by atoms with Gasteiger partial charge in [-0.1, -0.05) is 12.1 Å². The van der Waals surface area contributed by atoms with Gasteiger partial charge in [-0.3, -0.25) is 0 Å². The molecule has 0 bridgehead atoms. The highest BCUT2D eigenvalue weighted by molar-refractivity contribution is 7.80. The molecule has 1 rings (SSSR count). The minimum atomic E-state index is 0.106. The van der Waals surface area contributed by atoms with Gasteiger partial charge in [-0.05, 0) is 43.3 Å². The molecule has 0 saturated carbocycles. The summed E-state index contributed by atoms with van der Waals surface area (Å²) in [6.07, 6.45) is 0.850. The Morgan fingerprint density at radius 1 is 1.47 bits per heavy atom. The van der Waals surface area contributed by atoms with Crippen molar-refractivity contribution in [2.24, 2.45) is 11.5 Å². The fourth-order valence-corrected chi connectivity index (χ4v) is 1.22. The number of hydrogen-bond acceptors (Lipinski definition) is 3. The van der Waals surface area contributed by atoms with Gasteiger partial charge in [0.05, 0.1) is 0 Å². The van der Waals surface area contributed by atoms with E-state index in [0.717, 1.165) is 6.42 Å². The van der Waals surface area contributed by atoms with Crippen LogP contribution in [0.15, 0.2) is 24.3 Å². The maximum atomic E-state index is 5.68. The van der Waals surface area contributed by atoms with Crippen LogP contribution in [-0.4, -0.2) is 11.2 Å². The van der Waals surface area contributed by atoms with Crippen LogP contribution in [0.5, 0.6) is 5.75 Å². The van der Waals surface area contributed by atoms with Crippen LogP contribution in [0, 0.1) is 0 Å². The number of benzene rings is 1. The molecule has 5 N–H and O–H groups in total. The molecule has 0 aliphatic carbocycles. The third-order valence-corrected chi connectivity index (χ3v) is 1.83. The number of hydroxylamine groups is 1. The predicted octanol–water partition coefficient (Wildman–Crippen LogP) is 0.703. The van der Waals surface area contributed by atoms with E-state index in [2.05, 4.69) is 17.7 Å². The molecule has 0 aromatic heterocycles. The standard InChI is InChI=1S/C10H15N3OS/c1-7(11)6-8-2-4-9(5-3-8)14-13-10(12)15/h2-5,7H,6,11H2,1H3,(H3,12,13,15)/t7-/m0/s1. The van der Waals surface area contributed by atoms with Crippen LogP contribution in [0.4, 0.5) is 0 Å². The van der Waals surface area contributed by atoms with E-state index in [-0.39, 0.29) is 11.2 Å². The monoisotopic (exact) mass is 225 g/mol. The number of rotatable bonds is 4. The number of thiocarbonyl (C=S) groups is 1. The van der Waals surface area contributed by atoms with E-state index in [0.29, 0.717) is 5.75 Å². The lowest BCUT2D eigenvalue weighted by Gasteiger charge is -2.08. The second kappa shape index (κ2) is 5.53. The van der Waals surface area contributed by atoms with Crippen molar-refractivity contribution in [3.05, 3.63) is 29.8 Å². The van der Waals surface area contributed by atoms with E-state index in [1.807, 2.05) is 31.2 Å². The highest BCUT2D eigenvalue weighted by Crippen LogP contribution is 2.12. The number of nitrogens with one attached hydrogen (secondary N) is 1. The first-order chi connectivity index (χ1) is 7.08. The molecule has 0 heterocycles. The lowest BCUT2D eigenvalue weighted by atomic mass is 10.1. The van der Waals surface area contributed by atoms with Crippen molar-refractivity contribution in [3.8, 4) is 5.75 Å². The predicted molar refractivity (Wildman–Crippen MR) is 64.3 cm³/mol. The molecule has 4 nitrogen and oxygen atoms in total. The Kier molecular flexibility index (Phi) is 4.33. The maximum Gasteiger partial charge on any atom is 0.197 e. The van der Waals surface area contributed by atoms with E-state index in [1.54, 1.807) is 0 Å². The normalized spacial score (nSPS) is 11.9. The van der Waals surface area contributed by atoms with Gasteiger partial charge in [-0.15, -0.1) is 0 Å². The first kappa shape index (κ1) is 11.7. The van der Waals surface area contributed by atoms with Crippen LogP contribution < -0.4 is 21.8 Å². The molecule has 0 unspecified atom stereocenters. The van der Waals surface area contributed by atoms with Gasteiger partial charge in [0.1, 0.15) is 0 Å². The summed E-state index contributed by atoms with van der Waals surface area (Å²) in [7, 11) is 0. The third kappa shape index (κ3) is 4.62. The fraction of sp³-hybridized carbons (Fsp3) is 0.300. The molecule has 0 spiro atoms. The number of nitrogens with two attached hydrogens (primary N) is 2. The van der Waals surface area contributed by atoms with Crippen molar-refractivity contribution in [3.63, 3.8) is 0 Å². The van der Waals surface area contributed by atoms with Gasteiger partial charge in [0.15, 0.2) is 10.9 Å². The smallest absolute Gasteiger partial charge is 0.197 e. The highest BCUT2D eigenvalue weighted by Gasteiger charge is 1.99. The van der Waals surface area contributed by atoms with Gasteiger partial charge in [-0.25, -0.2) is 0 Å². The van der Waals surface area contributed by atoms with Gasteiger partial charge < -0.3 is 16.3 Å². The second-order valence-corrected chi connectivity index (χ2v) is 3.83. The average molecular weight is 225 g/mol. The van der Waals surface area contributed by atoms with Crippen LogP contribution in [-0.2, 0) is 6.42 Å². The summed E-state index contributed by atoms with van der Waals surface area (Å²) < 4.78 is 0. The SMILES string of the molecule is C[C@H](N)Cc1ccc(ONC(N)=S)cc1. The van der Waals surface area contributed by atoms with E-state index in [1.165, 1.54) is 5.56 Å². The largest absolute Gasteiger partial charge is 0.380 e. The van der Waals surface area contributed by atoms with Gasteiger partial charge >= 0.3 is 0 Å². The van der Waals surface area contributed by atoms with Crippen LogP contribution in [0.2, 0.25) is 0 Å². The van der Waals surface area contributed by atoms with Crippen molar-refractivity contribution in [2.75, 3.05) is 0 Å². The zero-order chi connectivity index (χ0) is 11.3. The third-order valence-electron chi connectivity index (χ3n) is 1.75. The number of hydrogen-bond donors (Lipinski definition) is 3. The molecule has 0 fully saturated rings. The zero-order valence-electron chi connectivity index (χ0n) is 8.57. The van der Waals surface area contributed by atoms with Crippen LogP contribution in [0.1, 0.15) is 12.5 Å². The van der Waals surface area contributed by atoms with E-state index in [4.69, 9.17) is 16.3 Å². The fourth-order valence-electron chi connectivity index (χ4n) is 1.17. The summed E-state index contributed by atoms with van der Waals surface area (Å²) in [6.45, 7) is 1.97. The quantitative estimate of drug-likeness (QED) is 0.520. The molecule has 5 heteroatoms. The Bertz CT molecular complexity index is 324. The second-order valence-electron chi connectivity index (χ2n) is 3.39. The van der Waals surface area contributed by atoms with Gasteiger partial charge in [0.2, 0.25) is 0 Å². The highest BCUT2D eigenvalue weighted by atomic mass is 32.1. The zero-order valence-corrected chi connectivity index (χ0v) is 9.38. The Morgan fingerprint density at radius 2 is 2.07 bits per heavy atom. The summed E-state index contributed by atoms with van der Waals surface area (Å²) in [5.74, 6) is 0.663. The molecular formula is C10H15N3OS. The Hall–Kier alpha value is -1.33. The average Bonchev–Trinajstić information content (AvgIpc) is 2.16. The molecule has 0 saturated heterocycles. The van der Waals surface area contributed by atoms with Crippen LogP contribution >= 0.6 is 12.2 Å². The van der Waals surface area contributed by atoms with Crippen LogP contribution in [0.25, 0.3) is 0 Å². The molecule has 0 radical (unpaired) electrons. The molecule has 0 amide bonds. The van der Waals surface area contributed by atoms with Gasteiger partial charge in [-0.2, -0.15) is 5.48 Å². The Morgan fingerprint density at radius 3 is 2.53 bits per heavy atom.